The number of benzene rings is 1. The lowest BCUT2D eigenvalue weighted by molar-refractivity contribution is -0.134. The lowest BCUT2D eigenvalue weighted by Crippen LogP contribution is -2.60. The number of ether oxygens (including phenoxy) is 1. The van der Waals surface area contributed by atoms with Gasteiger partial charge in [-0.2, -0.15) is 0 Å². The number of likely N-dealkylation sites (tertiary alicyclic amines) is 1. The number of rotatable bonds is 2. The van der Waals surface area contributed by atoms with Crippen molar-refractivity contribution in [2.45, 2.75) is 12.5 Å². The van der Waals surface area contributed by atoms with Crippen LogP contribution in [-0.2, 0) is 4.79 Å². The summed E-state index contributed by atoms with van der Waals surface area (Å²) in [7, 11) is 3.34. The number of para-hydroxylation sites is 1. The first-order valence-electron chi connectivity index (χ1n) is 9.27. The standard InChI is InChI=1S/C20H22N4O4S/c1-12-16(29-11-21-12)19(27)24-8-14(18(26)23(2)3)20(9-24)10-28-15-7-5-4-6-13(15)17(25)22-20/h4-7,11,14H,8-10H2,1-3H3,(H,22,25)/t14-,20-/m1/s1. The monoisotopic (exact) mass is 414 g/mol. The van der Waals surface area contributed by atoms with E-state index in [1.54, 1.807) is 55.7 Å². The van der Waals surface area contributed by atoms with Crippen LogP contribution in [0, 0.1) is 12.8 Å². The fourth-order valence-corrected chi connectivity index (χ4v) is 4.70. The van der Waals surface area contributed by atoms with Crippen molar-refractivity contribution in [3.63, 3.8) is 0 Å². The maximum atomic E-state index is 13.1. The molecule has 1 saturated heterocycles. The number of aryl methyl sites for hydroxylation is 1. The number of nitrogens with zero attached hydrogens (tertiary/aromatic N) is 3. The molecule has 9 heteroatoms. The highest BCUT2D eigenvalue weighted by atomic mass is 32.1. The second-order valence-electron chi connectivity index (χ2n) is 7.63. The lowest BCUT2D eigenvalue weighted by Gasteiger charge is -2.33. The molecule has 0 unspecified atom stereocenters. The van der Waals surface area contributed by atoms with Crippen molar-refractivity contribution in [1.29, 1.82) is 0 Å². The number of hydrogen-bond donors (Lipinski definition) is 1. The van der Waals surface area contributed by atoms with Gasteiger partial charge in [-0.15, -0.1) is 11.3 Å². The maximum Gasteiger partial charge on any atom is 0.265 e. The van der Waals surface area contributed by atoms with Crippen LogP contribution in [0.25, 0.3) is 0 Å². The van der Waals surface area contributed by atoms with Gasteiger partial charge >= 0.3 is 0 Å². The molecule has 2 aromatic rings. The minimum atomic E-state index is -1.01. The molecular formula is C20H22N4O4S. The van der Waals surface area contributed by atoms with Gasteiger partial charge in [0.25, 0.3) is 11.8 Å². The van der Waals surface area contributed by atoms with E-state index in [9.17, 15) is 14.4 Å². The molecular weight excluding hydrogens is 392 g/mol. The van der Waals surface area contributed by atoms with Crippen LogP contribution < -0.4 is 10.1 Å². The van der Waals surface area contributed by atoms with E-state index in [1.807, 2.05) is 0 Å². The highest BCUT2D eigenvalue weighted by Crippen LogP contribution is 2.35. The Kier molecular flexibility index (Phi) is 4.77. The SMILES string of the molecule is Cc1ncsc1C(=O)N1C[C@H](C(=O)N(C)C)[C@]2(COc3ccccc3C(=O)N2)C1. The number of carbonyl (C=O) groups is 3. The molecule has 2 aliphatic rings. The van der Waals surface area contributed by atoms with Gasteiger partial charge in [-0.25, -0.2) is 4.98 Å². The van der Waals surface area contributed by atoms with Gasteiger partial charge < -0.3 is 19.9 Å². The van der Waals surface area contributed by atoms with Gasteiger partial charge in [-0.05, 0) is 19.1 Å². The van der Waals surface area contributed by atoms with E-state index >= 15 is 0 Å². The molecule has 3 amide bonds. The number of thiazole rings is 1. The molecule has 1 fully saturated rings. The molecule has 4 rings (SSSR count). The third-order valence-electron chi connectivity index (χ3n) is 5.49. The number of fused-ring (bicyclic) bond motifs is 1. The molecule has 2 aliphatic heterocycles. The van der Waals surface area contributed by atoms with Gasteiger partial charge in [0.05, 0.1) is 22.7 Å². The van der Waals surface area contributed by atoms with Crippen molar-refractivity contribution in [3.05, 3.63) is 45.9 Å². The Bertz CT molecular complexity index is 988. The van der Waals surface area contributed by atoms with Crippen LogP contribution >= 0.6 is 11.3 Å². The van der Waals surface area contributed by atoms with Gasteiger partial charge in [-0.3, -0.25) is 14.4 Å². The van der Waals surface area contributed by atoms with Crippen LogP contribution in [0.2, 0.25) is 0 Å². The summed E-state index contributed by atoms with van der Waals surface area (Å²) >= 11 is 1.27. The largest absolute Gasteiger partial charge is 0.490 e. The van der Waals surface area contributed by atoms with Gasteiger partial charge in [0, 0.05) is 27.2 Å². The summed E-state index contributed by atoms with van der Waals surface area (Å²) in [6, 6.07) is 6.98. The number of carbonyl (C=O) groups excluding carboxylic acids is 3. The number of nitrogens with one attached hydrogen (secondary N) is 1. The third kappa shape index (κ3) is 3.25. The minimum Gasteiger partial charge on any atom is -0.490 e. The molecule has 1 N–H and O–H groups in total. The first-order valence-corrected chi connectivity index (χ1v) is 10.2. The highest BCUT2D eigenvalue weighted by Gasteiger charge is 2.55. The molecule has 3 heterocycles. The zero-order chi connectivity index (χ0) is 20.8. The van der Waals surface area contributed by atoms with Crippen molar-refractivity contribution in [1.82, 2.24) is 20.1 Å². The van der Waals surface area contributed by atoms with Crippen molar-refractivity contribution in [2.24, 2.45) is 5.92 Å². The molecule has 29 heavy (non-hydrogen) atoms. The van der Waals surface area contributed by atoms with E-state index < -0.39 is 11.5 Å². The van der Waals surface area contributed by atoms with Gasteiger partial charge in [0.2, 0.25) is 5.91 Å². The van der Waals surface area contributed by atoms with Crippen molar-refractivity contribution >= 4 is 29.1 Å². The van der Waals surface area contributed by atoms with Crippen LogP contribution in [0.1, 0.15) is 25.7 Å². The van der Waals surface area contributed by atoms with Crippen LogP contribution in [0.5, 0.6) is 5.75 Å². The summed E-state index contributed by atoms with van der Waals surface area (Å²) in [5, 5.41) is 3.02. The number of amides is 3. The first kappa shape index (κ1) is 19.4. The predicted molar refractivity (Wildman–Crippen MR) is 107 cm³/mol. The second kappa shape index (κ2) is 7.14. The quantitative estimate of drug-likeness (QED) is 0.797. The zero-order valence-corrected chi connectivity index (χ0v) is 17.3. The van der Waals surface area contributed by atoms with Crippen LogP contribution in [0.3, 0.4) is 0 Å². The molecule has 0 aliphatic carbocycles. The third-order valence-corrected chi connectivity index (χ3v) is 6.40. The van der Waals surface area contributed by atoms with E-state index in [-0.39, 0.29) is 37.4 Å². The molecule has 0 saturated carbocycles. The Morgan fingerprint density at radius 3 is 2.79 bits per heavy atom. The Labute approximate surface area is 172 Å². The first-order chi connectivity index (χ1) is 13.8. The lowest BCUT2D eigenvalue weighted by atomic mass is 9.86. The fourth-order valence-electron chi connectivity index (χ4n) is 3.93. The second-order valence-corrected chi connectivity index (χ2v) is 8.49. The zero-order valence-electron chi connectivity index (χ0n) is 16.5. The predicted octanol–water partition coefficient (Wildman–Crippen LogP) is 1.17. The molecule has 0 radical (unpaired) electrons. The Morgan fingerprint density at radius 2 is 2.10 bits per heavy atom. The van der Waals surface area contributed by atoms with Gasteiger partial charge in [0.15, 0.2) is 0 Å². The molecule has 1 aromatic heterocycles. The average Bonchev–Trinajstić information content (AvgIpc) is 3.25. The van der Waals surface area contributed by atoms with Crippen LogP contribution in [-0.4, -0.2) is 71.8 Å². The summed E-state index contributed by atoms with van der Waals surface area (Å²) in [6.45, 7) is 2.27. The van der Waals surface area contributed by atoms with Crippen molar-refractivity contribution < 1.29 is 19.1 Å². The summed E-state index contributed by atoms with van der Waals surface area (Å²) < 4.78 is 5.96. The van der Waals surface area contributed by atoms with Crippen molar-refractivity contribution in [3.8, 4) is 5.75 Å². The van der Waals surface area contributed by atoms with E-state index in [2.05, 4.69) is 10.3 Å². The van der Waals surface area contributed by atoms with Gasteiger partial charge in [0.1, 0.15) is 22.8 Å². The average molecular weight is 414 g/mol. The van der Waals surface area contributed by atoms with E-state index in [4.69, 9.17) is 4.74 Å². The molecule has 1 spiro atoms. The molecule has 152 valence electrons. The number of aromatic nitrogens is 1. The highest BCUT2D eigenvalue weighted by molar-refractivity contribution is 7.11. The molecule has 1 aromatic carbocycles. The van der Waals surface area contributed by atoms with E-state index in [0.29, 0.717) is 21.9 Å². The Balaban J connectivity index is 1.70. The maximum absolute atomic E-state index is 13.1. The minimum absolute atomic E-state index is 0.103. The summed E-state index contributed by atoms with van der Waals surface area (Å²) in [5.41, 5.74) is 1.70. The Morgan fingerprint density at radius 1 is 1.34 bits per heavy atom. The molecule has 0 bridgehead atoms. The van der Waals surface area contributed by atoms with Gasteiger partial charge in [-0.1, -0.05) is 12.1 Å². The van der Waals surface area contributed by atoms with E-state index in [0.717, 1.165) is 0 Å². The fraction of sp³-hybridized carbons (Fsp3) is 0.400. The molecule has 8 nitrogen and oxygen atoms in total. The van der Waals surface area contributed by atoms with Crippen LogP contribution in [0.15, 0.2) is 29.8 Å². The topological polar surface area (TPSA) is 91.8 Å². The number of hydrogen-bond acceptors (Lipinski definition) is 6. The van der Waals surface area contributed by atoms with E-state index in [1.165, 1.54) is 16.2 Å². The smallest absolute Gasteiger partial charge is 0.265 e. The van der Waals surface area contributed by atoms with Crippen molar-refractivity contribution in [2.75, 3.05) is 33.8 Å². The summed E-state index contributed by atoms with van der Waals surface area (Å²) in [6.07, 6.45) is 0. The Hall–Kier alpha value is -2.94. The summed E-state index contributed by atoms with van der Waals surface area (Å²) in [4.78, 5) is 46.8. The van der Waals surface area contributed by atoms with Crippen LogP contribution in [0.4, 0.5) is 0 Å². The molecule has 2 atom stereocenters. The summed E-state index contributed by atoms with van der Waals surface area (Å²) in [5.74, 6) is -0.794. The normalized spacial score (nSPS) is 23.2.